The average molecular weight is 541 g/mol. The Bertz CT molecular complexity index is 1590. The minimum Gasteiger partial charge on any atom is -0.439 e. The number of anilines is 3. The van der Waals surface area contributed by atoms with Crippen LogP contribution in [0.5, 0.6) is 11.6 Å². The van der Waals surface area contributed by atoms with Gasteiger partial charge in [0.1, 0.15) is 15.5 Å². The summed E-state index contributed by atoms with van der Waals surface area (Å²) in [7, 11) is 0. The normalized spacial score (nSPS) is 17.9. The van der Waals surface area contributed by atoms with Gasteiger partial charge in [-0.05, 0) is 49.6 Å². The van der Waals surface area contributed by atoms with Crippen LogP contribution in [0.15, 0.2) is 73.6 Å². The quantitative estimate of drug-likeness (QED) is 0.280. The predicted molar refractivity (Wildman–Crippen MR) is 149 cm³/mol. The first-order valence-electron chi connectivity index (χ1n) is 12.5. The fourth-order valence-corrected chi connectivity index (χ4v) is 5.95. The Kier molecular flexibility index (Phi) is 6.41. The molecule has 39 heavy (non-hydrogen) atoms. The highest BCUT2D eigenvalue weighted by Crippen LogP contribution is 2.45. The van der Waals surface area contributed by atoms with Gasteiger partial charge < -0.3 is 20.7 Å². The summed E-state index contributed by atoms with van der Waals surface area (Å²) in [4.78, 5) is 49.6. The summed E-state index contributed by atoms with van der Waals surface area (Å²) < 4.78 is 5.77. The lowest BCUT2D eigenvalue weighted by atomic mass is 10.1. The van der Waals surface area contributed by atoms with E-state index >= 15 is 0 Å². The molecule has 6 rings (SSSR count). The lowest BCUT2D eigenvalue weighted by Gasteiger charge is -2.28. The summed E-state index contributed by atoms with van der Waals surface area (Å²) in [6.07, 6.45) is 6.57. The summed E-state index contributed by atoms with van der Waals surface area (Å²) in [5.41, 5.74) is 1.60. The molecular weight excluding hydrogens is 516 g/mol. The summed E-state index contributed by atoms with van der Waals surface area (Å²) >= 11 is 1.23. The van der Waals surface area contributed by atoms with E-state index in [4.69, 9.17) is 4.74 Å². The van der Waals surface area contributed by atoms with Crippen molar-refractivity contribution < 1.29 is 19.1 Å². The molecule has 11 heteroatoms. The van der Waals surface area contributed by atoms with Gasteiger partial charge >= 0.3 is 6.03 Å². The number of urea groups is 1. The molecule has 0 spiro atoms. The van der Waals surface area contributed by atoms with Gasteiger partial charge in [-0.25, -0.2) is 14.8 Å². The molecule has 4 amide bonds. The zero-order valence-corrected chi connectivity index (χ0v) is 21.5. The second-order valence-corrected chi connectivity index (χ2v) is 10.2. The van der Waals surface area contributed by atoms with E-state index in [-0.39, 0.29) is 23.9 Å². The zero-order valence-electron chi connectivity index (χ0n) is 20.7. The van der Waals surface area contributed by atoms with Gasteiger partial charge in [0.05, 0.1) is 28.6 Å². The number of nitrogens with one attached hydrogen (secondary N) is 3. The zero-order chi connectivity index (χ0) is 26.9. The molecule has 2 atom stereocenters. The molecule has 1 aromatic carbocycles. The van der Waals surface area contributed by atoms with Crippen molar-refractivity contribution in [2.24, 2.45) is 0 Å². The van der Waals surface area contributed by atoms with E-state index in [0.29, 0.717) is 50.2 Å². The largest absolute Gasteiger partial charge is 0.439 e. The Balaban J connectivity index is 1.24. The summed E-state index contributed by atoms with van der Waals surface area (Å²) in [6, 6.07) is 14.0. The van der Waals surface area contributed by atoms with E-state index < -0.39 is 6.03 Å². The fourth-order valence-electron chi connectivity index (χ4n) is 4.93. The van der Waals surface area contributed by atoms with E-state index in [2.05, 4.69) is 32.5 Å². The number of para-hydroxylation sites is 1. The molecule has 3 aromatic heterocycles. The van der Waals surface area contributed by atoms with E-state index in [0.717, 1.165) is 12.8 Å². The van der Waals surface area contributed by atoms with Crippen molar-refractivity contribution in [3.05, 3.63) is 78.5 Å². The molecule has 1 fully saturated rings. The van der Waals surface area contributed by atoms with Crippen LogP contribution in [0.4, 0.5) is 21.9 Å². The van der Waals surface area contributed by atoms with Crippen molar-refractivity contribution in [2.75, 3.05) is 10.2 Å². The van der Waals surface area contributed by atoms with Gasteiger partial charge in [0.25, 0.3) is 5.91 Å². The average Bonchev–Trinajstić information content (AvgIpc) is 3.55. The molecule has 1 aliphatic carbocycles. The second kappa shape index (κ2) is 10.2. The molecule has 196 valence electrons. The number of aromatic nitrogens is 2. The predicted octanol–water partition coefficient (Wildman–Crippen LogP) is 5.12. The second-order valence-electron chi connectivity index (χ2n) is 9.24. The first kappa shape index (κ1) is 24.6. The lowest BCUT2D eigenvalue weighted by molar-refractivity contribution is -0.117. The number of thiophene rings is 1. The van der Waals surface area contributed by atoms with Crippen molar-refractivity contribution in [1.82, 2.24) is 20.6 Å². The van der Waals surface area contributed by atoms with E-state index in [9.17, 15) is 14.4 Å². The third-order valence-electron chi connectivity index (χ3n) is 6.70. The van der Waals surface area contributed by atoms with Gasteiger partial charge in [-0.15, -0.1) is 11.3 Å². The minimum atomic E-state index is -0.408. The van der Waals surface area contributed by atoms with Gasteiger partial charge in [0, 0.05) is 24.3 Å². The van der Waals surface area contributed by atoms with Gasteiger partial charge in [-0.3, -0.25) is 14.5 Å². The molecule has 1 saturated carbocycles. The van der Waals surface area contributed by atoms with Crippen LogP contribution in [0.2, 0.25) is 0 Å². The standard InChI is InChI=1S/C28H24N6O4S/c1-2-21(35)31-16-8-9-17(14-16)32-26(36)25-24-23-20(12-13-29-27(23)39-25)34(28(37)33-24)18-10-11-22(30-15-18)38-19-6-4-3-5-7-19/h2-7,10-13,15-17H,1,8-9,14H2,(H,31,35)(H,32,36)(H,33,37)/t16-,17+/m0/s1. The van der Waals surface area contributed by atoms with E-state index in [1.807, 2.05) is 30.3 Å². The molecule has 1 aliphatic heterocycles. The Morgan fingerprint density at radius 2 is 1.87 bits per heavy atom. The maximum absolute atomic E-state index is 13.3. The number of rotatable bonds is 7. The topological polar surface area (TPSA) is 126 Å². The van der Waals surface area contributed by atoms with E-state index in [1.165, 1.54) is 22.3 Å². The van der Waals surface area contributed by atoms with Crippen LogP contribution in [0.1, 0.15) is 28.9 Å². The molecule has 0 saturated heterocycles. The molecule has 10 nitrogen and oxygen atoms in total. The maximum atomic E-state index is 13.3. The van der Waals surface area contributed by atoms with Crippen molar-refractivity contribution in [2.45, 2.75) is 31.3 Å². The number of carbonyl (C=O) groups is 3. The number of benzene rings is 1. The van der Waals surface area contributed by atoms with Gasteiger partial charge in [0.15, 0.2) is 0 Å². The van der Waals surface area contributed by atoms with Crippen LogP contribution in [-0.4, -0.2) is 39.9 Å². The van der Waals surface area contributed by atoms with Crippen LogP contribution in [0, 0.1) is 0 Å². The number of hydrogen-bond donors (Lipinski definition) is 3. The molecule has 4 heterocycles. The highest BCUT2D eigenvalue weighted by molar-refractivity contribution is 7.21. The number of ether oxygens (including phenoxy) is 1. The van der Waals surface area contributed by atoms with Gasteiger partial charge in [0.2, 0.25) is 11.8 Å². The maximum Gasteiger partial charge on any atom is 0.331 e. The molecule has 2 aliphatic rings. The number of carbonyl (C=O) groups excluding carboxylic acids is 3. The number of nitrogens with zero attached hydrogens (tertiary/aromatic N) is 3. The molecule has 3 N–H and O–H groups in total. The molecular formula is C28H24N6O4S. The van der Waals surface area contributed by atoms with Crippen molar-refractivity contribution >= 4 is 56.5 Å². The van der Waals surface area contributed by atoms with Crippen molar-refractivity contribution in [3.63, 3.8) is 0 Å². The lowest BCUT2D eigenvalue weighted by Crippen LogP contribution is -2.37. The Hall–Kier alpha value is -4.77. The van der Waals surface area contributed by atoms with Crippen LogP contribution >= 0.6 is 11.3 Å². The molecule has 0 radical (unpaired) electrons. The summed E-state index contributed by atoms with van der Waals surface area (Å²) in [5.74, 6) is 0.557. The third-order valence-corrected chi connectivity index (χ3v) is 7.79. The Morgan fingerprint density at radius 3 is 2.62 bits per heavy atom. The molecule has 0 bridgehead atoms. The van der Waals surface area contributed by atoms with Gasteiger partial charge in [-0.2, -0.15) is 0 Å². The fraction of sp³-hybridized carbons (Fsp3) is 0.179. The SMILES string of the molecule is C=CC(=O)N[C@H]1CC[C@@H](NC(=O)c2sc3nccc4c3c2NC(=O)N4c2ccc(Oc3ccccc3)nc2)C1. The van der Waals surface area contributed by atoms with Crippen LogP contribution < -0.4 is 25.6 Å². The third kappa shape index (κ3) is 4.79. The number of amides is 4. The summed E-state index contributed by atoms with van der Waals surface area (Å²) in [5, 5.41) is 9.53. The van der Waals surface area contributed by atoms with Crippen LogP contribution in [0.25, 0.3) is 10.2 Å². The highest BCUT2D eigenvalue weighted by atomic mass is 32.1. The minimum absolute atomic E-state index is 0.0128. The first-order chi connectivity index (χ1) is 19.0. The van der Waals surface area contributed by atoms with Crippen molar-refractivity contribution in [1.29, 1.82) is 0 Å². The molecule has 4 aromatic rings. The first-order valence-corrected chi connectivity index (χ1v) is 13.3. The Labute approximate surface area is 227 Å². The smallest absolute Gasteiger partial charge is 0.331 e. The monoisotopic (exact) mass is 540 g/mol. The van der Waals surface area contributed by atoms with Gasteiger partial charge in [-0.1, -0.05) is 24.8 Å². The number of pyridine rings is 2. The van der Waals surface area contributed by atoms with Crippen molar-refractivity contribution in [3.8, 4) is 11.6 Å². The Morgan fingerprint density at radius 1 is 1.08 bits per heavy atom. The highest BCUT2D eigenvalue weighted by Gasteiger charge is 2.34. The number of hydrogen-bond acceptors (Lipinski definition) is 7. The summed E-state index contributed by atoms with van der Waals surface area (Å²) in [6.45, 7) is 3.48. The van der Waals surface area contributed by atoms with Crippen LogP contribution in [-0.2, 0) is 4.79 Å². The van der Waals surface area contributed by atoms with Crippen LogP contribution in [0.3, 0.4) is 0 Å². The molecule has 0 unspecified atom stereocenters. The van der Waals surface area contributed by atoms with E-state index in [1.54, 1.807) is 30.6 Å².